The Hall–Kier alpha value is -2.10. The van der Waals surface area contributed by atoms with Gasteiger partial charge in [0.1, 0.15) is 0 Å². The molecule has 2 aromatic rings. The van der Waals surface area contributed by atoms with E-state index in [9.17, 15) is 8.78 Å². The highest BCUT2D eigenvalue weighted by atomic mass is 19.3. The normalized spacial score (nSPS) is 13.3. The van der Waals surface area contributed by atoms with Crippen LogP contribution in [0.15, 0.2) is 30.5 Å². The summed E-state index contributed by atoms with van der Waals surface area (Å²) in [6, 6.07) is 4.02. The molecule has 184 valence electrons. The van der Waals surface area contributed by atoms with Crippen LogP contribution in [-0.4, -0.2) is 10.5 Å². The van der Waals surface area contributed by atoms with Gasteiger partial charge in [-0.1, -0.05) is 79.2 Å². The van der Waals surface area contributed by atoms with Gasteiger partial charge < -0.3 is 9.88 Å². The molecule has 1 aromatic heterocycles. The second-order valence-electron chi connectivity index (χ2n) is 9.03. The molecule has 0 radical (unpaired) electrons. The Kier molecular flexibility index (Phi) is 10.2. The summed E-state index contributed by atoms with van der Waals surface area (Å²) in [5, 5.41) is 4.16. The number of aryl methyl sites for hydroxylation is 2. The minimum Gasteiger partial charge on any atom is -0.355 e. The summed E-state index contributed by atoms with van der Waals surface area (Å²) in [6.07, 6.45) is 12.7. The van der Waals surface area contributed by atoms with Crippen LogP contribution in [0.4, 0.5) is 14.5 Å². The van der Waals surface area contributed by atoms with Crippen LogP contribution in [0.2, 0.25) is 0 Å². The number of anilines is 1. The fraction of sp³-hybridized carbons (Fsp3) is 0.586. The molecule has 0 bridgehead atoms. The van der Waals surface area contributed by atoms with Crippen molar-refractivity contribution in [3.8, 4) is 0 Å². The predicted octanol–water partition coefficient (Wildman–Crippen LogP) is 9.66. The molecule has 0 saturated heterocycles. The van der Waals surface area contributed by atoms with E-state index < -0.39 is 5.92 Å². The zero-order chi connectivity index (χ0) is 24.6. The third-order valence-electron chi connectivity index (χ3n) is 6.53. The number of benzene rings is 1. The van der Waals surface area contributed by atoms with Crippen LogP contribution >= 0.6 is 0 Å². The van der Waals surface area contributed by atoms with E-state index in [1.807, 2.05) is 19.9 Å². The summed E-state index contributed by atoms with van der Waals surface area (Å²) in [6.45, 7) is 16.3. The van der Waals surface area contributed by atoms with Gasteiger partial charge in [-0.3, -0.25) is 0 Å². The van der Waals surface area contributed by atoms with Gasteiger partial charge in [0.05, 0.1) is 0 Å². The van der Waals surface area contributed by atoms with E-state index >= 15 is 0 Å². The summed E-state index contributed by atoms with van der Waals surface area (Å²) in [5.41, 5.74) is 5.39. The summed E-state index contributed by atoms with van der Waals surface area (Å²) in [5.74, 6) is -2.92. The molecular formula is C29H44F2N2. The van der Waals surface area contributed by atoms with Crippen LogP contribution in [0.5, 0.6) is 0 Å². The standard InChI is InChI=1S/C27H38F2N2.C2H6/c1-6-8-9-10-11-12-13-14-17-31-23(7-2)20(4)25-24(31)16-15-22-26(25)21(27(5,28)29)18-19(3)30-22;1-2/h15-16,18,30H,3,6-14,17H2,1-2,4-5H3;1-2H3. The lowest BCUT2D eigenvalue weighted by atomic mass is 9.90. The molecule has 2 nitrogen and oxygen atoms in total. The number of allylic oxidation sites excluding steroid dienone is 2. The van der Waals surface area contributed by atoms with Crippen LogP contribution < -0.4 is 5.32 Å². The van der Waals surface area contributed by atoms with E-state index in [2.05, 4.69) is 43.3 Å². The molecule has 1 aromatic carbocycles. The van der Waals surface area contributed by atoms with Crippen LogP contribution in [-0.2, 0) is 13.0 Å². The van der Waals surface area contributed by atoms with Crippen LogP contribution in [0.25, 0.3) is 16.5 Å². The minimum absolute atomic E-state index is 0.0619. The number of hydrogen-bond acceptors (Lipinski definition) is 1. The molecular weight excluding hydrogens is 414 g/mol. The number of aromatic nitrogens is 1. The predicted molar refractivity (Wildman–Crippen MR) is 141 cm³/mol. The van der Waals surface area contributed by atoms with Crippen molar-refractivity contribution in [1.29, 1.82) is 0 Å². The highest BCUT2D eigenvalue weighted by molar-refractivity contribution is 6.04. The molecule has 0 unspecified atom stereocenters. The van der Waals surface area contributed by atoms with Gasteiger partial charge in [0, 0.05) is 52.6 Å². The highest BCUT2D eigenvalue weighted by Gasteiger charge is 2.35. The van der Waals surface area contributed by atoms with Crippen LogP contribution in [0.3, 0.4) is 0 Å². The number of rotatable bonds is 11. The first-order valence-corrected chi connectivity index (χ1v) is 13.0. The van der Waals surface area contributed by atoms with Crippen LogP contribution in [0, 0.1) is 6.92 Å². The van der Waals surface area contributed by atoms with Crippen molar-refractivity contribution >= 4 is 22.2 Å². The van der Waals surface area contributed by atoms with E-state index in [-0.39, 0.29) is 5.57 Å². The molecule has 4 heteroatoms. The number of nitrogens with zero attached hydrogens (tertiary/aromatic N) is 1. The summed E-state index contributed by atoms with van der Waals surface area (Å²) < 4.78 is 31.5. The number of fused-ring (bicyclic) bond motifs is 3. The van der Waals surface area contributed by atoms with Crippen molar-refractivity contribution in [3.63, 3.8) is 0 Å². The van der Waals surface area contributed by atoms with Gasteiger partial charge in [0.25, 0.3) is 5.92 Å². The lowest BCUT2D eigenvalue weighted by Gasteiger charge is -2.26. The second kappa shape index (κ2) is 12.4. The van der Waals surface area contributed by atoms with E-state index in [1.165, 1.54) is 56.7 Å². The number of halogens is 2. The Morgan fingerprint density at radius 1 is 0.970 bits per heavy atom. The van der Waals surface area contributed by atoms with Gasteiger partial charge >= 0.3 is 0 Å². The Balaban J connectivity index is 0.00000187. The Morgan fingerprint density at radius 2 is 1.58 bits per heavy atom. The second-order valence-corrected chi connectivity index (χ2v) is 9.03. The Bertz CT molecular complexity index is 960. The first kappa shape index (κ1) is 27.1. The third-order valence-corrected chi connectivity index (χ3v) is 6.53. The number of alkyl halides is 2. The van der Waals surface area contributed by atoms with Gasteiger partial charge in [0.2, 0.25) is 0 Å². The quantitative estimate of drug-likeness (QED) is 0.332. The fourth-order valence-electron chi connectivity index (χ4n) is 4.99. The molecule has 0 saturated carbocycles. The maximum atomic E-state index is 14.6. The van der Waals surface area contributed by atoms with Crippen molar-refractivity contribution in [2.45, 2.75) is 112 Å². The first-order valence-electron chi connectivity index (χ1n) is 13.0. The van der Waals surface area contributed by atoms with Crippen molar-refractivity contribution < 1.29 is 8.78 Å². The first-order chi connectivity index (χ1) is 15.8. The third kappa shape index (κ3) is 6.28. The highest BCUT2D eigenvalue weighted by Crippen LogP contribution is 2.45. The summed E-state index contributed by atoms with van der Waals surface area (Å²) in [7, 11) is 0. The van der Waals surface area contributed by atoms with Crippen molar-refractivity contribution in [1.82, 2.24) is 4.57 Å². The van der Waals surface area contributed by atoms with Crippen molar-refractivity contribution in [2.75, 3.05) is 5.32 Å². The van der Waals surface area contributed by atoms with E-state index in [0.717, 1.165) is 48.5 Å². The molecule has 1 N–H and O–H groups in total. The lowest BCUT2D eigenvalue weighted by Crippen LogP contribution is -2.18. The Labute approximate surface area is 200 Å². The summed E-state index contributed by atoms with van der Waals surface area (Å²) >= 11 is 0. The molecule has 2 heterocycles. The molecule has 3 rings (SSSR count). The van der Waals surface area contributed by atoms with E-state index in [4.69, 9.17) is 0 Å². The van der Waals surface area contributed by atoms with Gasteiger partial charge in [0.15, 0.2) is 0 Å². The average Bonchev–Trinajstić information content (AvgIpc) is 3.06. The Morgan fingerprint density at radius 3 is 2.15 bits per heavy atom. The number of hydrogen-bond donors (Lipinski definition) is 1. The SMILES string of the molecule is C=C1C=C(C(C)(F)F)c2c(ccc3c2c(C)c(CC)n3CCCCCCCCCC)N1.CC. The molecule has 33 heavy (non-hydrogen) atoms. The minimum atomic E-state index is -2.92. The van der Waals surface area contributed by atoms with Crippen LogP contribution in [0.1, 0.15) is 103 Å². The van der Waals surface area contributed by atoms with Gasteiger partial charge in [-0.25, -0.2) is 8.78 Å². The van der Waals surface area contributed by atoms with E-state index in [1.54, 1.807) is 0 Å². The average molecular weight is 459 g/mol. The fourth-order valence-corrected chi connectivity index (χ4v) is 4.99. The number of unbranched alkanes of at least 4 members (excludes halogenated alkanes) is 7. The maximum absolute atomic E-state index is 14.6. The molecule has 1 aliphatic rings. The molecule has 0 aliphatic carbocycles. The largest absolute Gasteiger partial charge is 0.355 e. The zero-order valence-electron chi connectivity index (χ0n) is 21.7. The molecule has 0 spiro atoms. The molecule has 1 aliphatic heterocycles. The summed E-state index contributed by atoms with van der Waals surface area (Å²) in [4.78, 5) is 0. The lowest BCUT2D eigenvalue weighted by molar-refractivity contribution is 0.0893. The molecule has 0 amide bonds. The van der Waals surface area contributed by atoms with Crippen molar-refractivity contribution in [3.05, 3.63) is 47.3 Å². The zero-order valence-corrected chi connectivity index (χ0v) is 21.7. The molecule has 0 atom stereocenters. The van der Waals surface area contributed by atoms with Crippen molar-refractivity contribution in [2.24, 2.45) is 0 Å². The topological polar surface area (TPSA) is 17.0 Å². The number of nitrogens with one attached hydrogen (secondary N) is 1. The smallest absolute Gasteiger partial charge is 0.271 e. The molecule has 0 fully saturated rings. The van der Waals surface area contributed by atoms with Gasteiger partial charge in [-0.15, -0.1) is 0 Å². The maximum Gasteiger partial charge on any atom is 0.271 e. The van der Waals surface area contributed by atoms with Gasteiger partial charge in [-0.05, 0) is 43.5 Å². The monoisotopic (exact) mass is 458 g/mol. The van der Waals surface area contributed by atoms with Gasteiger partial charge in [-0.2, -0.15) is 0 Å². The van der Waals surface area contributed by atoms with E-state index in [0.29, 0.717) is 11.3 Å².